The van der Waals surface area contributed by atoms with Crippen LogP contribution in [0, 0.1) is 19.8 Å². The molecule has 21 heavy (non-hydrogen) atoms. The first-order valence-corrected chi connectivity index (χ1v) is 7.34. The summed E-state index contributed by atoms with van der Waals surface area (Å²) in [6.07, 6.45) is 1.40. The highest BCUT2D eigenvalue weighted by Crippen LogP contribution is 2.27. The van der Waals surface area contributed by atoms with Gasteiger partial charge in [0.15, 0.2) is 0 Å². The van der Waals surface area contributed by atoms with Crippen LogP contribution < -0.4 is 0 Å². The minimum Gasteiger partial charge on any atom is -0.481 e. The van der Waals surface area contributed by atoms with Gasteiger partial charge in [0, 0.05) is 31.4 Å². The van der Waals surface area contributed by atoms with E-state index >= 15 is 0 Å². The van der Waals surface area contributed by atoms with Crippen LogP contribution in [0.25, 0.3) is 0 Å². The Morgan fingerprint density at radius 1 is 1.38 bits per heavy atom. The van der Waals surface area contributed by atoms with Crippen LogP contribution in [0.4, 0.5) is 0 Å². The number of carbonyl (C=O) groups is 2. The minimum atomic E-state index is -0.811. The minimum absolute atomic E-state index is 0.000139. The second kappa shape index (κ2) is 5.87. The molecular weight excluding hydrogens is 270 g/mol. The van der Waals surface area contributed by atoms with Crippen LogP contribution in [-0.2, 0) is 16.6 Å². The molecule has 2 rings (SSSR count). The van der Waals surface area contributed by atoms with Gasteiger partial charge in [0.05, 0.1) is 17.5 Å². The summed E-state index contributed by atoms with van der Waals surface area (Å²) >= 11 is 0. The van der Waals surface area contributed by atoms with E-state index in [2.05, 4.69) is 5.10 Å². The van der Waals surface area contributed by atoms with Crippen LogP contribution in [0.3, 0.4) is 0 Å². The Labute approximate surface area is 124 Å². The predicted octanol–water partition coefficient (Wildman–Crippen LogP) is 1.46. The Kier molecular flexibility index (Phi) is 4.34. The summed E-state index contributed by atoms with van der Waals surface area (Å²) in [7, 11) is 1.87. The van der Waals surface area contributed by atoms with Crippen molar-refractivity contribution < 1.29 is 14.7 Å². The fourth-order valence-corrected chi connectivity index (χ4v) is 3.19. The van der Waals surface area contributed by atoms with Gasteiger partial charge in [-0.2, -0.15) is 5.10 Å². The van der Waals surface area contributed by atoms with Crippen molar-refractivity contribution in [3.05, 3.63) is 17.0 Å². The molecule has 6 nitrogen and oxygen atoms in total. The van der Waals surface area contributed by atoms with Crippen LogP contribution in [0.1, 0.15) is 42.6 Å². The van der Waals surface area contributed by atoms with Crippen LogP contribution in [-0.4, -0.2) is 44.8 Å². The molecule has 0 radical (unpaired) electrons. The lowest BCUT2D eigenvalue weighted by molar-refractivity contribution is -0.146. The zero-order chi connectivity index (χ0) is 15.7. The molecule has 1 N–H and O–H groups in total. The molecule has 0 unspecified atom stereocenters. The lowest BCUT2D eigenvalue weighted by Crippen LogP contribution is -2.44. The number of hydrogen-bond donors (Lipinski definition) is 1. The predicted molar refractivity (Wildman–Crippen MR) is 78.0 cm³/mol. The van der Waals surface area contributed by atoms with Crippen molar-refractivity contribution in [3.63, 3.8) is 0 Å². The Balaban J connectivity index is 2.17. The molecule has 0 spiro atoms. The first kappa shape index (κ1) is 15.5. The van der Waals surface area contributed by atoms with E-state index in [0.29, 0.717) is 19.5 Å². The van der Waals surface area contributed by atoms with Gasteiger partial charge in [-0.1, -0.05) is 0 Å². The second-order valence-corrected chi connectivity index (χ2v) is 5.89. The van der Waals surface area contributed by atoms with Crippen LogP contribution >= 0.6 is 0 Å². The lowest BCUT2D eigenvalue weighted by Gasteiger charge is -2.32. The van der Waals surface area contributed by atoms with Gasteiger partial charge in [-0.3, -0.25) is 14.3 Å². The molecule has 0 aromatic carbocycles. The van der Waals surface area contributed by atoms with Gasteiger partial charge in [-0.25, -0.2) is 0 Å². The highest BCUT2D eigenvalue weighted by Gasteiger charge is 2.32. The molecule has 0 bridgehead atoms. The van der Waals surface area contributed by atoms with Gasteiger partial charge in [0.2, 0.25) is 5.91 Å². The molecule has 1 fully saturated rings. The van der Waals surface area contributed by atoms with Crippen molar-refractivity contribution in [2.24, 2.45) is 13.0 Å². The summed E-state index contributed by atoms with van der Waals surface area (Å²) in [5, 5.41) is 13.5. The molecule has 1 amide bonds. The topological polar surface area (TPSA) is 75.4 Å². The van der Waals surface area contributed by atoms with E-state index in [1.165, 1.54) is 0 Å². The molecule has 6 heteroatoms. The molecule has 1 aromatic heterocycles. The number of hydrogen-bond acceptors (Lipinski definition) is 3. The summed E-state index contributed by atoms with van der Waals surface area (Å²) in [6.45, 7) is 6.70. The van der Waals surface area contributed by atoms with Gasteiger partial charge < -0.3 is 10.0 Å². The summed E-state index contributed by atoms with van der Waals surface area (Å²) in [5.74, 6) is -1.54. The molecular formula is C15H23N3O3. The smallest absolute Gasteiger partial charge is 0.308 e. The first-order valence-electron chi connectivity index (χ1n) is 7.34. The third-order valence-electron chi connectivity index (χ3n) is 4.45. The molecule has 0 saturated carbocycles. The summed E-state index contributed by atoms with van der Waals surface area (Å²) in [5.41, 5.74) is 2.81. The normalized spacial score (nSPS) is 20.4. The maximum atomic E-state index is 12.7. The molecule has 2 atom stereocenters. The van der Waals surface area contributed by atoms with Gasteiger partial charge in [0.25, 0.3) is 0 Å². The number of aliphatic carboxylic acids is 1. The van der Waals surface area contributed by atoms with E-state index in [0.717, 1.165) is 23.4 Å². The van der Waals surface area contributed by atoms with E-state index in [9.17, 15) is 9.59 Å². The van der Waals surface area contributed by atoms with Crippen molar-refractivity contribution in [2.75, 3.05) is 13.1 Å². The lowest BCUT2D eigenvalue weighted by atomic mass is 9.93. The number of aryl methyl sites for hydroxylation is 2. The average molecular weight is 293 g/mol. The first-order chi connectivity index (χ1) is 9.82. The van der Waals surface area contributed by atoms with Crippen molar-refractivity contribution >= 4 is 11.9 Å². The number of nitrogens with zero attached hydrogens (tertiary/aromatic N) is 3. The molecule has 1 aliphatic heterocycles. The largest absolute Gasteiger partial charge is 0.481 e. The van der Waals surface area contributed by atoms with E-state index in [1.54, 1.807) is 9.58 Å². The van der Waals surface area contributed by atoms with Crippen molar-refractivity contribution in [3.8, 4) is 0 Å². The van der Waals surface area contributed by atoms with E-state index in [4.69, 9.17) is 5.11 Å². The number of carboxylic acid groups (broad SMARTS) is 1. The zero-order valence-electron chi connectivity index (χ0n) is 13.1. The van der Waals surface area contributed by atoms with Crippen molar-refractivity contribution in [2.45, 2.75) is 39.5 Å². The number of carboxylic acids is 1. The Morgan fingerprint density at radius 2 is 2.05 bits per heavy atom. The summed E-state index contributed by atoms with van der Waals surface area (Å²) in [6, 6.07) is 0. The quantitative estimate of drug-likeness (QED) is 0.915. The third kappa shape index (κ3) is 2.94. The second-order valence-electron chi connectivity index (χ2n) is 5.89. The van der Waals surface area contributed by atoms with Gasteiger partial charge in [0.1, 0.15) is 0 Å². The Hall–Kier alpha value is -1.85. The summed E-state index contributed by atoms with van der Waals surface area (Å²) < 4.78 is 1.78. The molecule has 1 saturated heterocycles. The number of likely N-dealkylation sites (tertiary alicyclic amines) is 1. The van der Waals surface area contributed by atoms with Crippen LogP contribution in [0.2, 0.25) is 0 Å². The third-order valence-corrected chi connectivity index (χ3v) is 4.45. The van der Waals surface area contributed by atoms with E-state index in [1.807, 2.05) is 27.8 Å². The van der Waals surface area contributed by atoms with Crippen molar-refractivity contribution in [1.82, 2.24) is 14.7 Å². The number of amides is 1. The number of rotatable bonds is 3. The Bertz CT molecular complexity index is 565. The van der Waals surface area contributed by atoms with Gasteiger partial charge in [-0.15, -0.1) is 0 Å². The average Bonchev–Trinajstić information content (AvgIpc) is 2.70. The zero-order valence-corrected chi connectivity index (χ0v) is 13.1. The van der Waals surface area contributed by atoms with Gasteiger partial charge >= 0.3 is 5.97 Å². The van der Waals surface area contributed by atoms with E-state index in [-0.39, 0.29) is 11.8 Å². The number of piperidine rings is 1. The fraction of sp³-hybridized carbons (Fsp3) is 0.667. The molecule has 0 aliphatic carbocycles. The van der Waals surface area contributed by atoms with E-state index < -0.39 is 11.9 Å². The monoisotopic (exact) mass is 293 g/mol. The molecule has 1 aromatic rings. The summed E-state index contributed by atoms with van der Waals surface area (Å²) in [4.78, 5) is 25.5. The highest BCUT2D eigenvalue weighted by atomic mass is 16.4. The molecule has 2 heterocycles. The fourth-order valence-electron chi connectivity index (χ4n) is 3.19. The van der Waals surface area contributed by atoms with Gasteiger partial charge in [-0.05, 0) is 33.6 Å². The highest BCUT2D eigenvalue weighted by molar-refractivity contribution is 5.84. The standard InChI is InChI=1S/C15H23N3O3/c1-9(13-10(2)16-17(4)11(13)3)14(19)18-7-5-6-12(8-18)15(20)21/h9,12H,5-8H2,1-4H3,(H,20,21)/t9-,12+/m1/s1. The SMILES string of the molecule is Cc1nn(C)c(C)c1[C@@H](C)C(=O)N1CCC[C@H](C(=O)O)C1. The maximum Gasteiger partial charge on any atom is 0.308 e. The van der Waals surface area contributed by atoms with Crippen LogP contribution in [0.5, 0.6) is 0 Å². The van der Waals surface area contributed by atoms with Crippen LogP contribution in [0.15, 0.2) is 0 Å². The molecule has 1 aliphatic rings. The maximum absolute atomic E-state index is 12.7. The Morgan fingerprint density at radius 3 is 2.57 bits per heavy atom. The number of carbonyl (C=O) groups excluding carboxylic acids is 1. The molecule has 116 valence electrons. The number of aromatic nitrogens is 2. The van der Waals surface area contributed by atoms with Crippen molar-refractivity contribution in [1.29, 1.82) is 0 Å².